The molecule has 0 saturated heterocycles. The number of carbonyl (C=O) groups excluding carboxylic acids is 4. The Balaban J connectivity index is 0.000000429. The van der Waals surface area contributed by atoms with Gasteiger partial charge in [-0.2, -0.15) is 0 Å². The van der Waals surface area contributed by atoms with Crippen molar-refractivity contribution in [2.45, 2.75) is 58.3 Å². The Kier molecular flexibility index (Phi) is 14.6. The minimum Gasteiger partial charge on any atom is -0.481 e. The predicted molar refractivity (Wildman–Crippen MR) is 105 cm³/mol. The van der Waals surface area contributed by atoms with Crippen molar-refractivity contribution in [2.24, 2.45) is 5.73 Å². The molecule has 2 heterocycles. The van der Waals surface area contributed by atoms with Gasteiger partial charge in [-0.1, -0.05) is 32.6 Å². The van der Waals surface area contributed by atoms with E-state index in [1.165, 1.54) is 29.9 Å². The molecule has 0 atom stereocenters. The maximum Gasteiger partial charge on any atom is 0.338 e. The van der Waals surface area contributed by atoms with E-state index in [1.807, 2.05) is 0 Å². The van der Waals surface area contributed by atoms with Crippen LogP contribution in [0.2, 0.25) is 0 Å². The number of aliphatic carboxylic acids is 1. The molecule has 0 radical (unpaired) electrons. The number of nitrogens with zero attached hydrogens (tertiary/aromatic N) is 1. The first-order chi connectivity index (χ1) is 13.8. The van der Waals surface area contributed by atoms with Crippen LogP contribution in [0.15, 0.2) is 24.3 Å². The summed E-state index contributed by atoms with van der Waals surface area (Å²) in [5.74, 6) is -2.20. The zero-order valence-electron chi connectivity index (χ0n) is 16.8. The van der Waals surface area contributed by atoms with Gasteiger partial charge in [-0.25, -0.2) is 9.59 Å². The molecule has 2 aliphatic heterocycles. The molecule has 0 bridgehead atoms. The van der Waals surface area contributed by atoms with E-state index in [9.17, 15) is 24.0 Å². The summed E-state index contributed by atoms with van der Waals surface area (Å²) in [5.41, 5.74) is 5.20. The van der Waals surface area contributed by atoms with Crippen molar-refractivity contribution in [1.82, 2.24) is 4.90 Å². The zero-order valence-corrected chi connectivity index (χ0v) is 16.8. The Morgan fingerprint density at radius 2 is 1.45 bits per heavy atom. The Hall–Kier alpha value is -2.81. The van der Waals surface area contributed by atoms with Gasteiger partial charge >= 0.3 is 17.9 Å². The zero-order chi connectivity index (χ0) is 22.1. The van der Waals surface area contributed by atoms with Gasteiger partial charge in [0.05, 0.1) is 0 Å². The van der Waals surface area contributed by atoms with Gasteiger partial charge in [0.2, 0.25) is 0 Å². The van der Waals surface area contributed by atoms with Crippen molar-refractivity contribution in [3.63, 3.8) is 0 Å². The molecule has 0 unspecified atom stereocenters. The van der Waals surface area contributed by atoms with Gasteiger partial charge in [0.15, 0.2) is 0 Å². The third-order valence-electron chi connectivity index (χ3n) is 3.79. The Labute approximate surface area is 170 Å². The van der Waals surface area contributed by atoms with Crippen LogP contribution in [-0.4, -0.2) is 52.8 Å². The number of nitrogens with two attached hydrogens (primary N) is 1. The van der Waals surface area contributed by atoms with E-state index in [4.69, 9.17) is 10.8 Å². The highest BCUT2D eigenvalue weighted by Crippen LogP contribution is 2.07. The van der Waals surface area contributed by atoms with Crippen LogP contribution in [0.4, 0.5) is 0 Å². The molecule has 0 saturated carbocycles. The summed E-state index contributed by atoms with van der Waals surface area (Å²) in [6.45, 7) is 3.37. The number of cyclic esters (lactones) is 2. The highest BCUT2D eigenvalue weighted by Gasteiger charge is 2.21. The third-order valence-corrected chi connectivity index (χ3v) is 3.79. The van der Waals surface area contributed by atoms with Gasteiger partial charge in [0.25, 0.3) is 11.8 Å². The first-order valence-corrected chi connectivity index (χ1v) is 9.71. The molecule has 9 heteroatoms. The summed E-state index contributed by atoms with van der Waals surface area (Å²) in [5, 5.41) is 8.18. The molecule has 9 nitrogen and oxygen atoms in total. The highest BCUT2D eigenvalue weighted by atomic mass is 16.6. The van der Waals surface area contributed by atoms with Gasteiger partial charge in [-0.15, -0.1) is 0 Å². The summed E-state index contributed by atoms with van der Waals surface area (Å²) < 4.78 is 3.97. The van der Waals surface area contributed by atoms with Gasteiger partial charge in [0.1, 0.15) is 0 Å². The molecular formula is C20H30N2O7. The average molecular weight is 410 g/mol. The monoisotopic (exact) mass is 410 g/mol. The minimum absolute atomic E-state index is 0.165. The molecule has 0 aromatic rings. The molecule has 2 aliphatic rings. The molecule has 2 rings (SSSR count). The summed E-state index contributed by atoms with van der Waals surface area (Å²) in [4.78, 5) is 53.2. The second-order valence-electron chi connectivity index (χ2n) is 6.29. The largest absolute Gasteiger partial charge is 0.481 e. The fraction of sp³-hybridized carbons (Fsp3) is 0.550. The molecule has 0 spiro atoms. The van der Waals surface area contributed by atoms with Crippen LogP contribution in [0.3, 0.4) is 0 Å². The Bertz CT molecular complexity index is 592. The maximum atomic E-state index is 11.1. The number of rotatable bonds is 10. The smallest absolute Gasteiger partial charge is 0.338 e. The number of hydrogen-bond donors (Lipinski definition) is 2. The normalized spacial score (nSPS) is 14.3. The lowest BCUT2D eigenvalue weighted by molar-refractivity contribution is -0.150. The highest BCUT2D eigenvalue weighted by molar-refractivity contribution is 6.12. The van der Waals surface area contributed by atoms with Crippen molar-refractivity contribution in [3.05, 3.63) is 24.3 Å². The minimum atomic E-state index is -0.716. The number of carboxylic acids is 1. The fourth-order valence-corrected chi connectivity index (χ4v) is 2.25. The van der Waals surface area contributed by atoms with Crippen molar-refractivity contribution in [2.75, 3.05) is 13.1 Å². The average Bonchev–Trinajstić information content (AvgIpc) is 3.21. The lowest BCUT2D eigenvalue weighted by Gasteiger charge is -2.12. The lowest BCUT2D eigenvalue weighted by atomic mass is 10.2. The SMILES string of the molecule is CCCCCCN1C(=O)C=CC1=O.NCCCCCC(=O)O.O=C1C=CC(=O)O1. The summed E-state index contributed by atoms with van der Waals surface area (Å²) >= 11 is 0. The van der Waals surface area contributed by atoms with E-state index in [-0.39, 0.29) is 18.2 Å². The van der Waals surface area contributed by atoms with Gasteiger partial charge in [-0.05, 0) is 25.8 Å². The van der Waals surface area contributed by atoms with Crippen LogP contribution in [0.5, 0.6) is 0 Å². The number of hydrogen-bond acceptors (Lipinski definition) is 7. The number of ether oxygens (including phenoxy) is 1. The van der Waals surface area contributed by atoms with Crippen molar-refractivity contribution in [3.8, 4) is 0 Å². The predicted octanol–water partition coefficient (Wildman–Crippen LogP) is 1.71. The second kappa shape index (κ2) is 16.2. The summed E-state index contributed by atoms with van der Waals surface area (Å²) in [6.07, 6.45) is 12.1. The molecule has 0 aromatic carbocycles. The van der Waals surface area contributed by atoms with E-state index >= 15 is 0 Å². The number of imide groups is 1. The van der Waals surface area contributed by atoms with Crippen LogP contribution in [0, 0.1) is 0 Å². The molecule has 2 amide bonds. The van der Waals surface area contributed by atoms with Crippen molar-refractivity contribution < 1.29 is 33.8 Å². The van der Waals surface area contributed by atoms with Crippen LogP contribution >= 0.6 is 0 Å². The molecule has 162 valence electrons. The molecule has 0 fully saturated rings. The van der Waals surface area contributed by atoms with E-state index in [0.29, 0.717) is 13.1 Å². The van der Waals surface area contributed by atoms with Crippen LogP contribution in [0.25, 0.3) is 0 Å². The Morgan fingerprint density at radius 3 is 1.86 bits per heavy atom. The van der Waals surface area contributed by atoms with E-state index in [2.05, 4.69) is 11.7 Å². The first kappa shape index (κ1) is 26.2. The molecule has 29 heavy (non-hydrogen) atoms. The first-order valence-electron chi connectivity index (χ1n) is 9.71. The van der Waals surface area contributed by atoms with Gasteiger partial charge < -0.3 is 15.6 Å². The molecule has 0 aromatic heterocycles. The van der Waals surface area contributed by atoms with Crippen molar-refractivity contribution >= 4 is 29.7 Å². The quantitative estimate of drug-likeness (QED) is 0.240. The number of unbranched alkanes of at least 4 members (excludes halogenated alkanes) is 5. The third kappa shape index (κ3) is 13.9. The number of carbonyl (C=O) groups is 5. The lowest BCUT2D eigenvalue weighted by Crippen LogP contribution is -2.30. The standard InChI is InChI=1S/C10H15NO2.C6H13NO2.C4H2O3/c1-2-3-4-5-8-11-9(12)6-7-10(11)13;7-5-3-1-2-4-6(8)9;5-3-1-2-4(6)7-3/h6-7H,2-5,8H2,1H3;1-5,7H2,(H,8,9);1-2H. The number of esters is 2. The molecule has 3 N–H and O–H groups in total. The van der Waals surface area contributed by atoms with Crippen LogP contribution in [-0.2, 0) is 28.7 Å². The molecule has 0 aliphatic carbocycles. The molecular weight excluding hydrogens is 380 g/mol. The summed E-state index contributed by atoms with van der Waals surface area (Å²) in [7, 11) is 0. The van der Waals surface area contributed by atoms with E-state index in [0.717, 1.165) is 44.3 Å². The topological polar surface area (TPSA) is 144 Å². The summed E-state index contributed by atoms with van der Waals surface area (Å²) in [6, 6.07) is 0. The van der Waals surface area contributed by atoms with E-state index in [1.54, 1.807) is 0 Å². The number of carboxylic acid groups (broad SMARTS) is 1. The van der Waals surface area contributed by atoms with Gasteiger partial charge in [0, 0.05) is 37.3 Å². The fourth-order valence-electron chi connectivity index (χ4n) is 2.25. The van der Waals surface area contributed by atoms with Crippen LogP contribution < -0.4 is 5.73 Å². The van der Waals surface area contributed by atoms with Crippen molar-refractivity contribution in [1.29, 1.82) is 0 Å². The number of amides is 2. The van der Waals surface area contributed by atoms with Gasteiger partial charge in [-0.3, -0.25) is 19.3 Å². The van der Waals surface area contributed by atoms with E-state index < -0.39 is 17.9 Å². The second-order valence-corrected chi connectivity index (χ2v) is 6.29. The Morgan fingerprint density at radius 1 is 0.897 bits per heavy atom. The maximum absolute atomic E-state index is 11.1. The van der Waals surface area contributed by atoms with Crippen LogP contribution in [0.1, 0.15) is 58.3 Å².